The molecule has 0 saturated heterocycles. The first-order valence-electron chi connectivity index (χ1n) is 11.4. The smallest absolute Gasteiger partial charge is 0.269 e. The molecular weight excluding hydrogens is 516 g/mol. The highest BCUT2D eigenvalue weighted by atomic mass is 35.5. The lowest BCUT2D eigenvalue weighted by Crippen LogP contribution is -2.43. The van der Waals surface area contributed by atoms with Crippen LogP contribution in [0.2, 0.25) is 5.02 Å². The monoisotopic (exact) mass is 538 g/mol. The third kappa shape index (κ3) is 3.59. The molecule has 4 heterocycles. The molecule has 8 nitrogen and oxygen atoms in total. The first kappa shape index (κ1) is 23.4. The van der Waals surface area contributed by atoms with Gasteiger partial charge in [0, 0.05) is 42.2 Å². The van der Waals surface area contributed by atoms with E-state index in [1.165, 1.54) is 21.5 Å². The largest absolute Gasteiger partial charge is 0.319 e. The van der Waals surface area contributed by atoms with Gasteiger partial charge in [-0.2, -0.15) is 5.10 Å². The average Bonchev–Trinajstić information content (AvgIpc) is 3.56. The lowest BCUT2D eigenvalue weighted by Gasteiger charge is -2.35. The highest BCUT2D eigenvalue weighted by molar-refractivity contribution is 7.90. The number of pyridine rings is 1. The highest BCUT2D eigenvalue weighted by Crippen LogP contribution is 2.45. The Balaban J connectivity index is 1.62. The van der Waals surface area contributed by atoms with Gasteiger partial charge in [-0.1, -0.05) is 29.3 Å². The summed E-state index contributed by atoms with van der Waals surface area (Å²) in [7, 11) is -2.21. The van der Waals surface area contributed by atoms with Crippen molar-refractivity contribution in [3.8, 4) is 21.7 Å². The molecule has 1 saturated carbocycles. The van der Waals surface area contributed by atoms with Crippen LogP contribution in [0.15, 0.2) is 60.0 Å². The van der Waals surface area contributed by atoms with Crippen LogP contribution in [0, 0.1) is 6.92 Å². The number of halogens is 1. The second-order valence-electron chi connectivity index (χ2n) is 9.27. The summed E-state index contributed by atoms with van der Waals surface area (Å²) in [4.78, 5) is 10.1. The molecule has 0 radical (unpaired) electrons. The average molecular weight is 539 g/mol. The second-order valence-corrected chi connectivity index (χ2v) is 12.5. The van der Waals surface area contributed by atoms with Crippen molar-refractivity contribution in [1.82, 2.24) is 23.7 Å². The third-order valence-corrected chi connectivity index (χ3v) is 9.96. The van der Waals surface area contributed by atoms with Gasteiger partial charge in [-0.3, -0.25) is 4.68 Å². The van der Waals surface area contributed by atoms with Crippen molar-refractivity contribution < 1.29 is 8.42 Å². The van der Waals surface area contributed by atoms with E-state index in [9.17, 15) is 8.42 Å². The minimum absolute atomic E-state index is 0.171. The maximum Gasteiger partial charge on any atom is 0.269 e. The van der Waals surface area contributed by atoms with Crippen LogP contribution in [0.5, 0.6) is 0 Å². The molecule has 36 heavy (non-hydrogen) atoms. The molecule has 0 spiro atoms. The van der Waals surface area contributed by atoms with Crippen LogP contribution in [0.4, 0.5) is 0 Å². The zero-order valence-corrected chi connectivity index (χ0v) is 22.0. The predicted molar refractivity (Wildman–Crippen MR) is 142 cm³/mol. The molecule has 0 amide bonds. The van der Waals surface area contributed by atoms with Gasteiger partial charge in [0.15, 0.2) is 5.65 Å². The number of nitrogens with two attached hydrogens (primary N) is 1. The van der Waals surface area contributed by atoms with E-state index in [1.807, 2.05) is 13.0 Å². The Labute approximate surface area is 217 Å². The topological polar surface area (TPSA) is 109 Å². The Morgan fingerprint density at radius 1 is 1.11 bits per heavy atom. The summed E-state index contributed by atoms with van der Waals surface area (Å²) in [6.07, 6.45) is 9.55. The van der Waals surface area contributed by atoms with E-state index in [0.717, 1.165) is 34.7 Å². The van der Waals surface area contributed by atoms with Gasteiger partial charge in [0.25, 0.3) is 10.0 Å². The highest BCUT2D eigenvalue weighted by Gasteiger charge is 2.37. The normalized spacial score (nSPS) is 15.3. The number of fused-ring (bicyclic) bond motifs is 1. The first-order valence-corrected chi connectivity index (χ1v) is 14.1. The van der Waals surface area contributed by atoms with E-state index >= 15 is 0 Å². The van der Waals surface area contributed by atoms with Crippen molar-refractivity contribution in [3.05, 3.63) is 70.7 Å². The summed E-state index contributed by atoms with van der Waals surface area (Å²) >= 11 is 8.17. The molecule has 0 atom stereocenters. The lowest BCUT2D eigenvalue weighted by molar-refractivity contribution is 0.253. The van der Waals surface area contributed by atoms with Crippen LogP contribution in [0.25, 0.3) is 32.7 Å². The molecule has 1 aliphatic carbocycles. The maximum absolute atomic E-state index is 14.0. The van der Waals surface area contributed by atoms with Gasteiger partial charge in [-0.25, -0.2) is 22.4 Å². The summed E-state index contributed by atoms with van der Waals surface area (Å²) < 4.78 is 30.9. The van der Waals surface area contributed by atoms with E-state index in [0.29, 0.717) is 27.2 Å². The Kier molecular flexibility index (Phi) is 5.34. The van der Waals surface area contributed by atoms with Crippen molar-refractivity contribution in [2.75, 3.05) is 0 Å². The van der Waals surface area contributed by atoms with Gasteiger partial charge < -0.3 is 5.73 Å². The van der Waals surface area contributed by atoms with Crippen molar-refractivity contribution in [1.29, 1.82) is 0 Å². The number of rotatable bonds is 5. The SMILES string of the molecule is Cc1ccc(S(=O)(=O)n2c(-c3cnn(C)c3)cc3c(-c4cnc(C5(N)CCC5)s4)c(Cl)cnc32)cc1. The van der Waals surface area contributed by atoms with Crippen molar-refractivity contribution in [2.24, 2.45) is 12.8 Å². The van der Waals surface area contributed by atoms with Crippen LogP contribution in [-0.4, -0.2) is 32.1 Å². The number of hydrogen-bond acceptors (Lipinski definition) is 7. The van der Waals surface area contributed by atoms with Gasteiger partial charge in [0.1, 0.15) is 5.01 Å². The number of nitrogens with zero attached hydrogens (tertiary/aromatic N) is 5. The van der Waals surface area contributed by atoms with Crippen molar-refractivity contribution >= 4 is 44.0 Å². The Bertz CT molecular complexity index is 1730. The molecule has 0 bridgehead atoms. The van der Waals surface area contributed by atoms with Gasteiger partial charge in [0.05, 0.1) is 32.2 Å². The summed E-state index contributed by atoms with van der Waals surface area (Å²) in [5.41, 5.74) is 9.16. The third-order valence-electron chi connectivity index (χ3n) is 6.73. The van der Waals surface area contributed by atoms with Gasteiger partial charge in [-0.05, 0) is 44.4 Å². The molecule has 6 rings (SSSR count). The van der Waals surface area contributed by atoms with Gasteiger partial charge in [-0.15, -0.1) is 11.3 Å². The molecule has 2 N–H and O–H groups in total. The maximum atomic E-state index is 14.0. The fourth-order valence-electron chi connectivity index (χ4n) is 4.56. The molecular formula is C25H23ClN6O2S2. The molecule has 4 aromatic heterocycles. The van der Waals surface area contributed by atoms with Gasteiger partial charge >= 0.3 is 0 Å². The number of hydrogen-bond donors (Lipinski definition) is 1. The molecule has 1 aliphatic rings. The standard InChI is InChI=1S/C25H23ClN6O2S2/c1-15-4-6-17(7-5-15)36(33,34)32-20(16-11-30-31(2)14-16)10-18-22(19(26)12-28-23(18)32)21-13-29-24(35-21)25(27)8-3-9-25/h4-7,10-14H,3,8-9,27H2,1-2H3. The van der Waals surface area contributed by atoms with E-state index in [-0.39, 0.29) is 10.5 Å². The van der Waals surface area contributed by atoms with E-state index in [2.05, 4.69) is 15.1 Å². The first-order chi connectivity index (χ1) is 17.2. The molecule has 0 unspecified atom stereocenters. The van der Waals surface area contributed by atoms with Crippen LogP contribution < -0.4 is 5.73 Å². The number of thiazole rings is 1. The molecule has 11 heteroatoms. The number of benzene rings is 1. The fraction of sp³-hybridized carbons (Fsp3) is 0.240. The van der Waals surface area contributed by atoms with Crippen molar-refractivity contribution in [2.45, 2.75) is 36.6 Å². The lowest BCUT2D eigenvalue weighted by atomic mass is 9.78. The van der Waals surface area contributed by atoms with E-state index in [4.69, 9.17) is 17.3 Å². The Morgan fingerprint density at radius 2 is 1.86 bits per heavy atom. The Morgan fingerprint density at radius 3 is 2.50 bits per heavy atom. The van der Waals surface area contributed by atoms with Crippen LogP contribution in [0.1, 0.15) is 29.8 Å². The van der Waals surface area contributed by atoms with Crippen LogP contribution in [0.3, 0.4) is 0 Å². The molecule has 5 aromatic rings. The number of aryl methyl sites for hydroxylation is 2. The number of aromatic nitrogens is 5. The molecule has 0 aliphatic heterocycles. The summed E-state index contributed by atoms with van der Waals surface area (Å²) in [6.45, 7) is 1.91. The zero-order valence-electron chi connectivity index (χ0n) is 19.6. The summed E-state index contributed by atoms with van der Waals surface area (Å²) in [6, 6.07) is 8.58. The molecule has 1 aromatic carbocycles. The van der Waals surface area contributed by atoms with Crippen LogP contribution >= 0.6 is 22.9 Å². The summed E-state index contributed by atoms with van der Waals surface area (Å²) in [5, 5.41) is 6.15. The van der Waals surface area contributed by atoms with E-state index < -0.39 is 15.6 Å². The zero-order chi connectivity index (χ0) is 25.2. The van der Waals surface area contributed by atoms with E-state index in [1.54, 1.807) is 54.6 Å². The molecule has 1 fully saturated rings. The second kappa shape index (κ2) is 8.24. The summed E-state index contributed by atoms with van der Waals surface area (Å²) in [5.74, 6) is 0. The fourth-order valence-corrected chi connectivity index (χ4v) is 7.49. The molecule has 184 valence electrons. The van der Waals surface area contributed by atoms with Crippen LogP contribution in [-0.2, 0) is 22.6 Å². The minimum Gasteiger partial charge on any atom is -0.319 e. The minimum atomic E-state index is -3.99. The van der Waals surface area contributed by atoms with Gasteiger partial charge in [0.2, 0.25) is 0 Å². The van der Waals surface area contributed by atoms with Crippen molar-refractivity contribution in [3.63, 3.8) is 0 Å². The predicted octanol–water partition coefficient (Wildman–Crippen LogP) is 5.10. The quantitative estimate of drug-likeness (QED) is 0.333. The Hall–Kier alpha value is -3.05.